The number of nitrogens with one attached hydrogen (secondary N) is 2. The van der Waals surface area contributed by atoms with Gasteiger partial charge < -0.3 is 20.5 Å². The Kier molecular flexibility index (Phi) is 6.54. The first kappa shape index (κ1) is 16.8. The highest BCUT2D eigenvalue weighted by Gasteiger charge is 2.20. The molecule has 2 amide bonds. The van der Waals surface area contributed by atoms with Gasteiger partial charge in [0.1, 0.15) is 17.7 Å². The molecule has 116 valence electrons. The molecule has 0 saturated carbocycles. The Balaban J connectivity index is 2.59. The second kappa shape index (κ2) is 8.15. The van der Waals surface area contributed by atoms with Gasteiger partial charge in [0.2, 0.25) is 0 Å². The lowest BCUT2D eigenvalue weighted by molar-refractivity contribution is -0.139. The number of anilines is 1. The summed E-state index contributed by atoms with van der Waals surface area (Å²) < 4.78 is 30.8. The van der Waals surface area contributed by atoms with Crippen molar-refractivity contribution in [2.45, 2.75) is 18.9 Å². The topological polar surface area (TPSA) is 87.7 Å². The Bertz CT molecular complexity index is 511. The zero-order chi connectivity index (χ0) is 15.8. The van der Waals surface area contributed by atoms with E-state index in [0.29, 0.717) is 19.1 Å². The fraction of sp³-hybridized carbons (Fsp3) is 0.385. The molecule has 1 unspecified atom stereocenters. The maximum atomic E-state index is 13.3. The van der Waals surface area contributed by atoms with E-state index >= 15 is 0 Å². The predicted octanol–water partition coefficient (Wildman–Crippen LogP) is 1.97. The van der Waals surface area contributed by atoms with E-state index in [-0.39, 0.29) is 12.1 Å². The van der Waals surface area contributed by atoms with Gasteiger partial charge in [-0.1, -0.05) is 0 Å². The highest BCUT2D eigenvalue weighted by atomic mass is 19.1. The molecule has 0 spiro atoms. The number of amides is 2. The summed E-state index contributed by atoms with van der Waals surface area (Å²) in [5.41, 5.74) is -0.241. The number of benzene rings is 1. The van der Waals surface area contributed by atoms with E-state index in [9.17, 15) is 18.4 Å². The molecule has 0 heterocycles. The molecule has 8 heteroatoms. The average Bonchev–Trinajstić information content (AvgIpc) is 2.41. The smallest absolute Gasteiger partial charge is 0.326 e. The number of aliphatic carboxylic acids is 1. The van der Waals surface area contributed by atoms with Crippen LogP contribution in [0.25, 0.3) is 0 Å². The first-order valence-corrected chi connectivity index (χ1v) is 6.18. The van der Waals surface area contributed by atoms with E-state index < -0.39 is 29.7 Å². The number of carboxylic acids is 1. The fourth-order valence-electron chi connectivity index (χ4n) is 1.60. The van der Waals surface area contributed by atoms with Crippen molar-refractivity contribution in [3.63, 3.8) is 0 Å². The van der Waals surface area contributed by atoms with Gasteiger partial charge in [-0.2, -0.15) is 0 Å². The number of halogens is 2. The number of rotatable bonds is 7. The van der Waals surface area contributed by atoms with Crippen LogP contribution < -0.4 is 10.6 Å². The van der Waals surface area contributed by atoms with Gasteiger partial charge in [-0.05, 0) is 25.0 Å². The van der Waals surface area contributed by atoms with Gasteiger partial charge in [0.25, 0.3) is 0 Å². The second-order valence-corrected chi connectivity index (χ2v) is 4.25. The van der Waals surface area contributed by atoms with Gasteiger partial charge in [-0.15, -0.1) is 0 Å². The molecule has 21 heavy (non-hydrogen) atoms. The summed E-state index contributed by atoms with van der Waals surface area (Å²) in [6.07, 6.45) is 0.612. The van der Waals surface area contributed by atoms with E-state index in [2.05, 4.69) is 10.6 Å². The van der Waals surface area contributed by atoms with Crippen LogP contribution in [0.15, 0.2) is 18.2 Å². The lowest BCUT2D eigenvalue weighted by Gasteiger charge is -2.15. The molecule has 1 atom stereocenters. The van der Waals surface area contributed by atoms with E-state index in [1.165, 1.54) is 7.11 Å². The summed E-state index contributed by atoms with van der Waals surface area (Å²) in [7, 11) is 1.48. The molecule has 0 bridgehead atoms. The van der Waals surface area contributed by atoms with Crippen molar-refractivity contribution in [3.8, 4) is 0 Å². The summed E-state index contributed by atoms with van der Waals surface area (Å²) >= 11 is 0. The van der Waals surface area contributed by atoms with Crippen LogP contribution in [-0.4, -0.2) is 36.9 Å². The number of carboxylic acid groups (broad SMARTS) is 1. The van der Waals surface area contributed by atoms with E-state index in [4.69, 9.17) is 9.84 Å². The summed E-state index contributed by atoms with van der Waals surface area (Å²) in [5, 5.41) is 13.3. The maximum absolute atomic E-state index is 13.3. The van der Waals surface area contributed by atoms with Crippen molar-refractivity contribution < 1.29 is 28.2 Å². The number of ether oxygens (including phenoxy) is 1. The largest absolute Gasteiger partial charge is 0.480 e. The minimum absolute atomic E-state index is 0.169. The van der Waals surface area contributed by atoms with Crippen LogP contribution in [0.4, 0.5) is 19.3 Å². The molecule has 0 radical (unpaired) electrons. The van der Waals surface area contributed by atoms with Crippen molar-refractivity contribution >= 4 is 17.7 Å². The molecule has 0 aliphatic carbocycles. The third-order valence-electron chi connectivity index (χ3n) is 2.62. The third kappa shape index (κ3) is 5.74. The van der Waals surface area contributed by atoms with Gasteiger partial charge in [-0.3, -0.25) is 0 Å². The van der Waals surface area contributed by atoms with Crippen LogP contribution in [0, 0.1) is 11.6 Å². The summed E-state index contributed by atoms with van der Waals surface area (Å²) in [6.45, 7) is 0.361. The van der Waals surface area contributed by atoms with Gasteiger partial charge in [0.05, 0.1) is 5.69 Å². The van der Waals surface area contributed by atoms with Crippen molar-refractivity contribution in [1.82, 2.24) is 5.32 Å². The van der Waals surface area contributed by atoms with Crippen molar-refractivity contribution in [2.75, 3.05) is 19.0 Å². The maximum Gasteiger partial charge on any atom is 0.326 e. The van der Waals surface area contributed by atoms with E-state index in [1.54, 1.807) is 0 Å². The SMILES string of the molecule is COCCCC(NC(=O)Nc1ccc(F)cc1F)C(=O)O. The predicted molar refractivity (Wildman–Crippen MR) is 71.0 cm³/mol. The molecule has 3 N–H and O–H groups in total. The molecule has 0 aliphatic rings. The molecular weight excluding hydrogens is 286 g/mol. The summed E-state index contributed by atoms with van der Waals surface area (Å²) in [4.78, 5) is 22.6. The first-order chi connectivity index (χ1) is 9.93. The van der Waals surface area contributed by atoms with E-state index in [1.807, 2.05) is 0 Å². The zero-order valence-corrected chi connectivity index (χ0v) is 11.4. The lowest BCUT2D eigenvalue weighted by atomic mass is 10.1. The number of hydrogen-bond donors (Lipinski definition) is 3. The van der Waals surface area contributed by atoms with Gasteiger partial charge in [0.15, 0.2) is 0 Å². The molecule has 0 fully saturated rings. The van der Waals surface area contributed by atoms with Crippen molar-refractivity contribution in [2.24, 2.45) is 0 Å². The highest BCUT2D eigenvalue weighted by Crippen LogP contribution is 2.14. The first-order valence-electron chi connectivity index (χ1n) is 6.18. The van der Waals surface area contributed by atoms with E-state index in [0.717, 1.165) is 12.1 Å². The Hall–Kier alpha value is -2.22. The van der Waals surface area contributed by atoms with Crippen LogP contribution in [0.1, 0.15) is 12.8 Å². The molecule has 1 rings (SSSR count). The van der Waals surface area contributed by atoms with Crippen LogP contribution in [-0.2, 0) is 9.53 Å². The van der Waals surface area contributed by atoms with Gasteiger partial charge in [0, 0.05) is 19.8 Å². The standard InChI is InChI=1S/C13H16F2N2O4/c1-21-6-2-3-11(12(18)19)17-13(20)16-10-5-4-8(14)7-9(10)15/h4-5,7,11H,2-3,6H2,1H3,(H,18,19)(H2,16,17,20). The average molecular weight is 302 g/mol. The van der Waals surface area contributed by atoms with Gasteiger partial charge in [-0.25, -0.2) is 18.4 Å². The minimum Gasteiger partial charge on any atom is -0.480 e. The Morgan fingerprint density at radius 2 is 2.10 bits per heavy atom. The van der Waals surface area contributed by atoms with Crippen molar-refractivity contribution in [3.05, 3.63) is 29.8 Å². The quantitative estimate of drug-likeness (QED) is 0.672. The van der Waals surface area contributed by atoms with Crippen LogP contribution in [0.5, 0.6) is 0 Å². The Morgan fingerprint density at radius 3 is 2.67 bits per heavy atom. The van der Waals surface area contributed by atoms with Crippen LogP contribution in [0.3, 0.4) is 0 Å². The van der Waals surface area contributed by atoms with Gasteiger partial charge >= 0.3 is 12.0 Å². The fourth-order valence-corrected chi connectivity index (χ4v) is 1.60. The number of carbonyl (C=O) groups is 2. The van der Waals surface area contributed by atoms with Crippen LogP contribution >= 0.6 is 0 Å². The second-order valence-electron chi connectivity index (χ2n) is 4.25. The Morgan fingerprint density at radius 1 is 1.38 bits per heavy atom. The third-order valence-corrected chi connectivity index (χ3v) is 2.62. The zero-order valence-electron chi connectivity index (χ0n) is 11.4. The molecule has 0 aliphatic heterocycles. The molecule has 0 aromatic heterocycles. The molecule has 0 saturated heterocycles. The molecule has 1 aromatic rings. The summed E-state index contributed by atoms with van der Waals surface area (Å²) in [6, 6.07) is 0.633. The van der Waals surface area contributed by atoms with Crippen LogP contribution in [0.2, 0.25) is 0 Å². The summed E-state index contributed by atoms with van der Waals surface area (Å²) in [5.74, 6) is -2.93. The minimum atomic E-state index is -1.21. The molecule has 6 nitrogen and oxygen atoms in total. The number of methoxy groups -OCH3 is 1. The van der Waals surface area contributed by atoms with Crippen molar-refractivity contribution in [1.29, 1.82) is 0 Å². The number of carbonyl (C=O) groups excluding carboxylic acids is 1. The Labute approximate surface area is 120 Å². The number of urea groups is 1. The number of hydrogen-bond acceptors (Lipinski definition) is 3. The highest BCUT2D eigenvalue weighted by molar-refractivity contribution is 5.92. The monoisotopic (exact) mass is 302 g/mol. The lowest BCUT2D eigenvalue weighted by Crippen LogP contribution is -2.43. The molecular formula is C13H16F2N2O4. The normalized spacial score (nSPS) is 11.8. The molecule has 1 aromatic carbocycles.